The van der Waals surface area contributed by atoms with Crippen molar-refractivity contribution in [3.05, 3.63) is 42.0 Å². The van der Waals surface area contributed by atoms with Crippen LogP contribution in [0, 0.1) is 17.8 Å². The predicted molar refractivity (Wildman–Crippen MR) is 106 cm³/mol. The first-order valence-electron chi connectivity index (χ1n) is 9.74. The predicted octanol–water partition coefficient (Wildman–Crippen LogP) is 3.19. The number of fused-ring (bicyclic) bond motifs is 1. The van der Waals surface area contributed by atoms with E-state index < -0.39 is 11.9 Å². The molecule has 0 radical (unpaired) electrons. The molecule has 148 valence electrons. The largest absolute Gasteiger partial charge is 0.324 e. The highest BCUT2D eigenvalue weighted by molar-refractivity contribution is 6.11. The fraction of sp³-hybridized carbons (Fsp3) is 0.455. The number of amides is 3. The summed E-state index contributed by atoms with van der Waals surface area (Å²) in [5.74, 6) is -1.76. The number of imide groups is 1. The lowest BCUT2D eigenvalue weighted by Gasteiger charge is -2.27. The third-order valence-corrected chi connectivity index (χ3v) is 5.41. The van der Waals surface area contributed by atoms with E-state index in [1.54, 1.807) is 24.3 Å². The van der Waals surface area contributed by atoms with E-state index in [-0.39, 0.29) is 35.4 Å². The van der Waals surface area contributed by atoms with Gasteiger partial charge >= 0.3 is 0 Å². The number of anilines is 1. The number of hydrogen-bond donors (Lipinski definition) is 1. The van der Waals surface area contributed by atoms with Gasteiger partial charge < -0.3 is 5.32 Å². The number of hydrogen-bond acceptors (Lipinski definition) is 4. The van der Waals surface area contributed by atoms with E-state index in [0.717, 1.165) is 0 Å². The van der Waals surface area contributed by atoms with E-state index in [1.807, 2.05) is 26.0 Å². The molecule has 1 aliphatic carbocycles. The normalized spacial score (nSPS) is 22.4. The van der Waals surface area contributed by atoms with Crippen LogP contribution in [-0.2, 0) is 14.4 Å². The maximum absolute atomic E-state index is 13.1. The molecular formula is C22H26N2O4. The number of benzene rings is 1. The Hall–Kier alpha value is -2.76. The van der Waals surface area contributed by atoms with Crippen LogP contribution in [0.1, 0.15) is 50.4 Å². The molecule has 6 heteroatoms. The van der Waals surface area contributed by atoms with Gasteiger partial charge in [0.25, 0.3) is 0 Å². The van der Waals surface area contributed by atoms with Gasteiger partial charge in [-0.1, -0.05) is 38.1 Å². The van der Waals surface area contributed by atoms with E-state index in [1.165, 1.54) is 11.8 Å². The summed E-state index contributed by atoms with van der Waals surface area (Å²) in [7, 11) is 0. The zero-order valence-electron chi connectivity index (χ0n) is 16.5. The molecule has 6 nitrogen and oxygen atoms in total. The summed E-state index contributed by atoms with van der Waals surface area (Å²) < 4.78 is 0. The maximum atomic E-state index is 13.1. The van der Waals surface area contributed by atoms with E-state index in [4.69, 9.17) is 0 Å². The van der Waals surface area contributed by atoms with Gasteiger partial charge in [-0.25, -0.2) is 0 Å². The Labute approximate surface area is 165 Å². The van der Waals surface area contributed by atoms with Crippen molar-refractivity contribution in [3.8, 4) is 0 Å². The summed E-state index contributed by atoms with van der Waals surface area (Å²) in [4.78, 5) is 52.0. The zero-order chi connectivity index (χ0) is 20.4. The average Bonchev–Trinajstić information content (AvgIpc) is 2.91. The van der Waals surface area contributed by atoms with Crippen molar-refractivity contribution in [2.24, 2.45) is 17.8 Å². The minimum absolute atomic E-state index is 0.111. The van der Waals surface area contributed by atoms with Crippen molar-refractivity contribution in [3.63, 3.8) is 0 Å². The zero-order valence-corrected chi connectivity index (χ0v) is 16.5. The highest BCUT2D eigenvalue weighted by atomic mass is 16.2. The second kappa shape index (κ2) is 8.09. The molecule has 1 aromatic carbocycles. The topological polar surface area (TPSA) is 83.6 Å². The molecule has 1 heterocycles. The standard InChI is InChI=1S/C22H26N2O4/c1-13(2)12-19(20(26)23-18-11-7-6-8-15(18)14(3)25)24-21(27)16-9-4-5-10-17(16)22(24)28/h4-8,11,13,16-17,19H,9-10,12H2,1-3H3,(H,23,26). The molecule has 0 saturated carbocycles. The van der Waals surface area contributed by atoms with Crippen molar-refractivity contribution < 1.29 is 19.2 Å². The minimum Gasteiger partial charge on any atom is -0.324 e. The number of nitrogens with zero attached hydrogens (tertiary/aromatic N) is 1. The Kier molecular flexibility index (Phi) is 5.77. The van der Waals surface area contributed by atoms with Crippen LogP contribution in [-0.4, -0.2) is 34.4 Å². The molecule has 3 rings (SSSR count). The summed E-state index contributed by atoms with van der Waals surface area (Å²) in [6.45, 7) is 5.33. The number of allylic oxidation sites excluding steroid dienone is 2. The number of Topliss-reactive ketones (excluding diaryl/α,β-unsaturated/α-hetero) is 1. The second-order valence-corrected chi connectivity index (χ2v) is 7.94. The molecule has 1 saturated heterocycles. The average molecular weight is 382 g/mol. The van der Waals surface area contributed by atoms with Crippen LogP contribution in [0.2, 0.25) is 0 Å². The molecule has 3 unspecified atom stereocenters. The van der Waals surface area contributed by atoms with Crippen molar-refractivity contribution in [1.82, 2.24) is 4.90 Å². The van der Waals surface area contributed by atoms with Gasteiger partial charge in [-0.3, -0.25) is 24.1 Å². The van der Waals surface area contributed by atoms with E-state index in [9.17, 15) is 19.2 Å². The second-order valence-electron chi connectivity index (χ2n) is 7.94. The molecule has 3 amide bonds. The van der Waals surface area contributed by atoms with Crippen LogP contribution >= 0.6 is 0 Å². The smallest absolute Gasteiger partial charge is 0.247 e. The first-order chi connectivity index (χ1) is 13.3. The molecule has 2 aliphatic rings. The minimum atomic E-state index is -0.884. The highest BCUT2D eigenvalue weighted by Crippen LogP contribution is 2.37. The quantitative estimate of drug-likeness (QED) is 0.465. The highest BCUT2D eigenvalue weighted by Gasteiger charge is 2.51. The lowest BCUT2D eigenvalue weighted by molar-refractivity contribution is -0.147. The van der Waals surface area contributed by atoms with Crippen molar-refractivity contribution in [2.75, 3.05) is 5.32 Å². The van der Waals surface area contributed by atoms with Gasteiger partial charge in [-0.2, -0.15) is 0 Å². The molecule has 0 spiro atoms. The van der Waals surface area contributed by atoms with Gasteiger partial charge in [0, 0.05) is 5.56 Å². The van der Waals surface area contributed by atoms with Gasteiger partial charge in [0.2, 0.25) is 17.7 Å². The summed E-state index contributed by atoms with van der Waals surface area (Å²) >= 11 is 0. The van der Waals surface area contributed by atoms with Crippen molar-refractivity contribution in [1.29, 1.82) is 0 Å². The number of para-hydroxylation sites is 1. The summed E-state index contributed by atoms with van der Waals surface area (Å²) in [5, 5.41) is 2.78. The van der Waals surface area contributed by atoms with Crippen LogP contribution in [0.3, 0.4) is 0 Å². The van der Waals surface area contributed by atoms with Gasteiger partial charge in [-0.05, 0) is 44.2 Å². The summed E-state index contributed by atoms with van der Waals surface area (Å²) in [6, 6.07) is 5.86. The van der Waals surface area contributed by atoms with Gasteiger partial charge in [0.05, 0.1) is 17.5 Å². The summed E-state index contributed by atoms with van der Waals surface area (Å²) in [6.07, 6.45) is 5.30. The molecule has 1 aromatic rings. The molecule has 1 N–H and O–H groups in total. The molecule has 28 heavy (non-hydrogen) atoms. The number of carbonyl (C=O) groups excluding carboxylic acids is 4. The number of rotatable bonds is 6. The van der Waals surface area contributed by atoms with Crippen LogP contribution in [0.25, 0.3) is 0 Å². The van der Waals surface area contributed by atoms with Gasteiger partial charge in [-0.15, -0.1) is 0 Å². The molecule has 1 fully saturated rings. The van der Waals surface area contributed by atoms with Crippen LogP contribution in [0.15, 0.2) is 36.4 Å². The number of nitrogens with one attached hydrogen (secondary N) is 1. The van der Waals surface area contributed by atoms with E-state index in [2.05, 4.69) is 5.32 Å². The maximum Gasteiger partial charge on any atom is 0.247 e. The Morgan fingerprint density at radius 3 is 2.18 bits per heavy atom. The first-order valence-corrected chi connectivity index (χ1v) is 9.74. The van der Waals surface area contributed by atoms with E-state index in [0.29, 0.717) is 30.5 Å². The SMILES string of the molecule is CC(=O)c1ccccc1NC(=O)C(CC(C)C)N1C(=O)C2CC=CCC2C1=O. The van der Waals surface area contributed by atoms with Gasteiger partial charge in [0.1, 0.15) is 6.04 Å². The van der Waals surface area contributed by atoms with Gasteiger partial charge in [0.15, 0.2) is 5.78 Å². The third-order valence-electron chi connectivity index (χ3n) is 5.41. The van der Waals surface area contributed by atoms with E-state index >= 15 is 0 Å². The molecule has 0 aromatic heterocycles. The van der Waals surface area contributed by atoms with Crippen molar-refractivity contribution in [2.45, 2.75) is 46.1 Å². The Balaban J connectivity index is 1.89. The lowest BCUT2D eigenvalue weighted by atomic mass is 9.85. The number of ketones is 1. The van der Waals surface area contributed by atoms with Crippen LogP contribution < -0.4 is 5.32 Å². The first kappa shape index (κ1) is 20.0. The van der Waals surface area contributed by atoms with Crippen LogP contribution in [0.4, 0.5) is 5.69 Å². The summed E-state index contributed by atoms with van der Waals surface area (Å²) in [5.41, 5.74) is 0.794. The molecule has 0 bridgehead atoms. The molecule has 1 aliphatic heterocycles. The molecule has 3 atom stereocenters. The van der Waals surface area contributed by atoms with Crippen molar-refractivity contribution >= 4 is 29.2 Å². The van der Waals surface area contributed by atoms with Crippen LogP contribution in [0.5, 0.6) is 0 Å². The number of likely N-dealkylation sites (tertiary alicyclic amines) is 1. The number of carbonyl (C=O) groups is 4. The Morgan fingerprint density at radius 1 is 1.07 bits per heavy atom. The third kappa shape index (κ3) is 3.77. The fourth-order valence-electron chi connectivity index (χ4n) is 4.02. The monoisotopic (exact) mass is 382 g/mol. The fourth-order valence-corrected chi connectivity index (χ4v) is 4.02. The Bertz CT molecular complexity index is 817. The lowest BCUT2D eigenvalue weighted by Crippen LogP contribution is -2.48. The molecular weight excluding hydrogens is 356 g/mol. The Morgan fingerprint density at radius 2 is 1.64 bits per heavy atom.